The normalized spacial score (nSPS) is 22.4. The van der Waals surface area contributed by atoms with E-state index < -0.39 is 17.6 Å². The van der Waals surface area contributed by atoms with Gasteiger partial charge in [0.1, 0.15) is 0 Å². The van der Waals surface area contributed by atoms with Gasteiger partial charge < -0.3 is 11.1 Å². The maximum Gasteiger partial charge on any atom is 0.415 e. The van der Waals surface area contributed by atoms with E-state index in [-0.39, 0.29) is 12.5 Å². The van der Waals surface area contributed by atoms with Crippen LogP contribution in [-0.4, -0.2) is 24.2 Å². The van der Waals surface area contributed by atoms with Crippen LogP contribution in [0.25, 0.3) is 0 Å². The van der Waals surface area contributed by atoms with Crippen molar-refractivity contribution in [2.24, 2.45) is 17.6 Å². The van der Waals surface area contributed by atoms with E-state index in [1.807, 2.05) is 6.92 Å². The molecular formula is C10H17F3N2O. The minimum atomic E-state index is -4.72. The highest BCUT2D eigenvalue weighted by Gasteiger charge is 2.53. The molecule has 1 aliphatic rings. The van der Waals surface area contributed by atoms with Crippen LogP contribution in [0.4, 0.5) is 13.2 Å². The second-order valence-corrected chi connectivity index (χ2v) is 4.72. The van der Waals surface area contributed by atoms with Crippen molar-refractivity contribution in [1.29, 1.82) is 0 Å². The third-order valence-corrected chi connectivity index (χ3v) is 3.07. The number of rotatable bonds is 4. The summed E-state index contributed by atoms with van der Waals surface area (Å²) in [5.74, 6) is -0.407. The van der Waals surface area contributed by atoms with Gasteiger partial charge in [0.2, 0.25) is 5.91 Å². The molecule has 2 unspecified atom stereocenters. The molecule has 0 aromatic carbocycles. The molecule has 3 nitrogen and oxygen atoms in total. The van der Waals surface area contributed by atoms with Crippen molar-refractivity contribution in [3.8, 4) is 0 Å². The second kappa shape index (κ2) is 4.24. The van der Waals surface area contributed by atoms with Crippen LogP contribution in [0.3, 0.4) is 0 Å². The molecule has 0 aliphatic heterocycles. The number of carbonyl (C=O) groups is 1. The van der Waals surface area contributed by atoms with Crippen LogP contribution in [0, 0.1) is 11.8 Å². The molecule has 0 saturated heterocycles. The largest absolute Gasteiger partial charge is 0.415 e. The lowest BCUT2D eigenvalue weighted by molar-refractivity contribution is -0.187. The SMILES string of the molecule is CC(CNC(=O)C(C)(N)C(F)(F)F)C1CC1. The summed E-state index contributed by atoms with van der Waals surface area (Å²) in [6.45, 7) is 2.86. The molecule has 6 heteroatoms. The van der Waals surface area contributed by atoms with Gasteiger partial charge in [0, 0.05) is 6.54 Å². The van der Waals surface area contributed by atoms with Crippen LogP contribution in [0.2, 0.25) is 0 Å². The Hall–Kier alpha value is -0.780. The fourth-order valence-corrected chi connectivity index (χ4v) is 1.40. The summed E-state index contributed by atoms with van der Waals surface area (Å²) < 4.78 is 37.2. The van der Waals surface area contributed by atoms with Gasteiger partial charge in [0.25, 0.3) is 0 Å². The molecule has 3 N–H and O–H groups in total. The first-order valence-electron chi connectivity index (χ1n) is 5.30. The molecule has 0 heterocycles. The van der Waals surface area contributed by atoms with Crippen LogP contribution in [0.1, 0.15) is 26.7 Å². The van der Waals surface area contributed by atoms with Gasteiger partial charge in [-0.3, -0.25) is 4.79 Å². The highest BCUT2D eigenvalue weighted by Crippen LogP contribution is 2.36. The van der Waals surface area contributed by atoms with Gasteiger partial charge in [-0.1, -0.05) is 6.92 Å². The summed E-state index contributed by atoms with van der Waals surface area (Å²) >= 11 is 0. The van der Waals surface area contributed by atoms with Crippen molar-refractivity contribution in [2.75, 3.05) is 6.54 Å². The van der Waals surface area contributed by atoms with Gasteiger partial charge in [0.05, 0.1) is 0 Å². The quantitative estimate of drug-likeness (QED) is 0.778. The standard InChI is InChI=1S/C10H17F3N2O/c1-6(7-3-4-7)5-15-8(16)9(2,14)10(11,12)13/h6-7H,3-5,14H2,1-2H3,(H,15,16). The van der Waals surface area contributed by atoms with Gasteiger partial charge in [-0.25, -0.2) is 0 Å². The Labute approximate surface area is 92.6 Å². The van der Waals surface area contributed by atoms with Gasteiger partial charge >= 0.3 is 6.18 Å². The van der Waals surface area contributed by atoms with Crippen molar-refractivity contribution >= 4 is 5.91 Å². The molecule has 16 heavy (non-hydrogen) atoms. The molecule has 1 saturated carbocycles. The number of hydrogen-bond acceptors (Lipinski definition) is 2. The van der Waals surface area contributed by atoms with Crippen LogP contribution < -0.4 is 11.1 Å². The number of carbonyl (C=O) groups excluding carboxylic acids is 1. The fourth-order valence-electron chi connectivity index (χ4n) is 1.40. The first-order chi connectivity index (χ1) is 7.16. The summed E-state index contributed by atoms with van der Waals surface area (Å²) in [4.78, 5) is 11.3. The Morgan fingerprint density at radius 2 is 2.00 bits per heavy atom. The van der Waals surface area contributed by atoms with Crippen molar-refractivity contribution < 1.29 is 18.0 Å². The zero-order valence-electron chi connectivity index (χ0n) is 9.40. The second-order valence-electron chi connectivity index (χ2n) is 4.72. The van der Waals surface area contributed by atoms with Crippen molar-refractivity contribution in [3.63, 3.8) is 0 Å². The van der Waals surface area contributed by atoms with Crippen LogP contribution in [0.15, 0.2) is 0 Å². The molecule has 1 amide bonds. The first kappa shape index (κ1) is 13.3. The monoisotopic (exact) mass is 238 g/mol. The molecule has 0 spiro atoms. The number of alkyl halides is 3. The molecule has 1 rings (SSSR count). The summed E-state index contributed by atoms with van der Waals surface area (Å²) in [5.41, 5.74) is 2.17. The van der Waals surface area contributed by atoms with Gasteiger partial charge in [-0.2, -0.15) is 13.2 Å². The minimum absolute atomic E-state index is 0.216. The van der Waals surface area contributed by atoms with Crippen LogP contribution in [-0.2, 0) is 4.79 Å². The maximum atomic E-state index is 12.4. The van der Waals surface area contributed by atoms with Gasteiger partial charge in [-0.05, 0) is 31.6 Å². The topological polar surface area (TPSA) is 55.1 Å². The van der Waals surface area contributed by atoms with E-state index in [0.29, 0.717) is 12.8 Å². The summed E-state index contributed by atoms with van der Waals surface area (Å²) in [6, 6.07) is 0. The Morgan fingerprint density at radius 1 is 1.50 bits per heavy atom. The minimum Gasteiger partial charge on any atom is -0.354 e. The average Bonchev–Trinajstić information content (AvgIpc) is 2.94. The summed E-state index contributed by atoms with van der Waals surface area (Å²) in [5, 5.41) is 2.27. The molecule has 0 radical (unpaired) electrons. The Kier molecular flexibility index (Phi) is 3.52. The molecule has 1 aliphatic carbocycles. The number of hydrogen-bond donors (Lipinski definition) is 2. The van der Waals surface area contributed by atoms with Crippen molar-refractivity contribution in [1.82, 2.24) is 5.32 Å². The Morgan fingerprint density at radius 3 is 2.38 bits per heavy atom. The number of amides is 1. The lowest BCUT2D eigenvalue weighted by atomic mass is 10.0. The van der Waals surface area contributed by atoms with E-state index in [4.69, 9.17) is 5.73 Å². The number of halogens is 3. The molecule has 1 fully saturated rings. The number of nitrogens with one attached hydrogen (secondary N) is 1. The van der Waals surface area contributed by atoms with E-state index in [9.17, 15) is 18.0 Å². The van der Waals surface area contributed by atoms with Gasteiger partial charge in [0.15, 0.2) is 5.54 Å². The van der Waals surface area contributed by atoms with E-state index in [1.54, 1.807) is 0 Å². The van der Waals surface area contributed by atoms with Crippen molar-refractivity contribution in [3.05, 3.63) is 0 Å². The molecule has 2 atom stereocenters. The molecule has 0 bridgehead atoms. The van der Waals surface area contributed by atoms with E-state index in [2.05, 4.69) is 5.32 Å². The summed E-state index contributed by atoms with van der Waals surface area (Å²) in [7, 11) is 0. The molecular weight excluding hydrogens is 221 g/mol. The predicted octanol–water partition coefficient (Wildman–Crippen LogP) is 1.43. The third kappa shape index (κ3) is 2.87. The zero-order chi connectivity index (χ0) is 12.6. The first-order valence-corrected chi connectivity index (χ1v) is 5.30. The Bertz CT molecular complexity index is 272. The van der Waals surface area contributed by atoms with E-state index >= 15 is 0 Å². The average molecular weight is 238 g/mol. The van der Waals surface area contributed by atoms with E-state index in [1.165, 1.54) is 0 Å². The number of nitrogens with two attached hydrogens (primary N) is 1. The van der Waals surface area contributed by atoms with Crippen LogP contribution >= 0.6 is 0 Å². The predicted molar refractivity (Wildman–Crippen MR) is 53.5 cm³/mol. The highest BCUT2D eigenvalue weighted by molar-refractivity contribution is 5.86. The molecule has 0 aromatic heterocycles. The van der Waals surface area contributed by atoms with Crippen molar-refractivity contribution in [2.45, 2.75) is 38.4 Å². The smallest absolute Gasteiger partial charge is 0.354 e. The molecule has 0 aromatic rings. The zero-order valence-corrected chi connectivity index (χ0v) is 9.40. The fraction of sp³-hybridized carbons (Fsp3) is 0.900. The molecule has 94 valence electrons. The Balaban J connectivity index is 2.44. The lowest BCUT2D eigenvalue weighted by Crippen LogP contribution is -2.61. The van der Waals surface area contributed by atoms with E-state index in [0.717, 1.165) is 12.8 Å². The van der Waals surface area contributed by atoms with Gasteiger partial charge in [-0.15, -0.1) is 0 Å². The summed E-state index contributed by atoms with van der Waals surface area (Å²) in [6.07, 6.45) is -2.54. The lowest BCUT2D eigenvalue weighted by Gasteiger charge is -2.26. The van der Waals surface area contributed by atoms with Crippen LogP contribution in [0.5, 0.6) is 0 Å². The highest BCUT2D eigenvalue weighted by atomic mass is 19.4. The third-order valence-electron chi connectivity index (χ3n) is 3.07. The maximum absolute atomic E-state index is 12.4.